The van der Waals surface area contributed by atoms with Crippen LogP contribution in [0.3, 0.4) is 0 Å². The summed E-state index contributed by atoms with van der Waals surface area (Å²) in [5.74, 6) is 2.39. The van der Waals surface area contributed by atoms with Crippen molar-refractivity contribution in [1.82, 2.24) is 14.9 Å². The second kappa shape index (κ2) is 11.3. The Bertz CT molecular complexity index is 1290. The van der Waals surface area contributed by atoms with Crippen LogP contribution >= 0.6 is 11.6 Å². The minimum absolute atomic E-state index is 0.114. The standard InChI is InChI=1S/C28H30ClN3O3/c1-19-17-23(18-20(2)27(19)29)35-16-6-15-32-25-8-5-4-7-24(25)31-26(32)13-14-30-28(33)21-9-11-22(34-3)12-10-21/h4-5,7-12,17-18H,6,13-16H2,1-3H3,(H,30,33). The van der Waals surface area contributed by atoms with E-state index in [1.54, 1.807) is 31.4 Å². The van der Waals surface area contributed by atoms with Gasteiger partial charge in [0, 0.05) is 30.1 Å². The molecular formula is C28H30ClN3O3. The van der Waals surface area contributed by atoms with Crippen molar-refractivity contribution >= 4 is 28.5 Å². The fourth-order valence-corrected chi connectivity index (χ4v) is 4.21. The molecule has 1 heterocycles. The highest BCUT2D eigenvalue weighted by Crippen LogP contribution is 2.26. The van der Waals surface area contributed by atoms with Gasteiger partial charge in [0.1, 0.15) is 17.3 Å². The van der Waals surface area contributed by atoms with Crippen LogP contribution in [0.5, 0.6) is 11.5 Å². The van der Waals surface area contributed by atoms with Gasteiger partial charge in [0.15, 0.2) is 0 Å². The Kier molecular flexibility index (Phi) is 7.93. The Labute approximate surface area is 210 Å². The van der Waals surface area contributed by atoms with E-state index in [1.807, 2.05) is 44.2 Å². The molecule has 3 aromatic carbocycles. The molecule has 4 aromatic rings. The number of carbonyl (C=O) groups is 1. The third-order valence-electron chi connectivity index (χ3n) is 5.92. The van der Waals surface area contributed by atoms with Crippen LogP contribution in [0.25, 0.3) is 11.0 Å². The highest BCUT2D eigenvalue weighted by atomic mass is 35.5. The number of para-hydroxylation sites is 2. The van der Waals surface area contributed by atoms with Crippen LogP contribution in [0, 0.1) is 13.8 Å². The van der Waals surface area contributed by atoms with Gasteiger partial charge in [-0.3, -0.25) is 4.79 Å². The first-order valence-corrected chi connectivity index (χ1v) is 12.1. The summed E-state index contributed by atoms with van der Waals surface area (Å²) in [7, 11) is 1.60. The number of nitrogens with zero attached hydrogens (tertiary/aromatic N) is 2. The molecule has 0 saturated carbocycles. The Hall–Kier alpha value is -3.51. The van der Waals surface area contributed by atoms with Gasteiger partial charge < -0.3 is 19.4 Å². The average molecular weight is 492 g/mol. The van der Waals surface area contributed by atoms with Crippen LogP contribution in [0.1, 0.15) is 33.7 Å². The number of methoxy groups -OCH3 is 1. The lowest BCUT2D eigenvalue weighted by Crippen LogP contribution is -2.26. The summed E-state index contributed by atoms with van der Waals surface area (Å²) in [5, 5.41) is 3.78. The van der Waals surface area contributed by atoms with E-state index in [0.717, 1.165) is 57.5 Å². The van der Waals surface area contributed by atoms with Gasteiger partial charge in [-0.05, 0) is 79.9 Å². The zero-order valence-electron chi connectivity index (χ0n) is 20.3. The molecule has 0 saturated heterocycles. The number of carbonyl (C=O) groups excluding carboxylic acids is 1. The molecule has 7 heteroatoms. The lowest BCUT2D eigenvalue weighted by atomic mass is 10.1. The minimum Gasteiger partial charge on any atom is -0.497 e. The molecule has 0 spiro atoms. The van der Waals surface area contributed by atoms with Gasteiger partial charge in [0.05, 0.1) is 24.8 Å². The zero-order chi connectivity index (χ0) is 24.8. The molecule has 1 N–H and O–H groups in total. The van der Waals surface area contributed by atoms with E-state index in [9.17, 15) is 4.79 Å². The Balaban J connectivity index is 1.37. The molecule has 0 bridgehead atoms. The monoisotopic (exact) mass is 491 g/mol. The molecule has 0 aliphatic carbocycles. The molecule has 4 rings (SSSR count). The number of nitrogens with one attached hydrogen (secondary N) is 1. The number of rotatable bonds is 10. The smallest absolute Gasteiger partial charge is 0.251 e. The number of hydrogen-bond acceptors (Lipinski definition) is 4. The summed E-state index contributed by atoms with van der Waals surface area (Å²) < 4.78 is 13.4. The molecule has 1 amide bonds. The molecular weight excluding hydrogens is 462 g/mol. The summed E-state index contributed by atoms with van der Waals surface area (Å²) >= 11 is 6.26. The third kappa shape index (κ3) is 5.95. The molecule has 6 nitrogen and oxygen atoms in total. The van der Waals surface area contributed by atoms with Crippen LogP contribution in [0.4, 0.5) is 0 Å². The van der Waals surface area contributed by atoms with Gasteiger partial charge >= 0.3 is 0 Å². The van der Waals surface area contributed by atoms with E-state index in [4.69, 9.17) is 26.1 Å². The first-order valence-electron chi connectivity index (χ1n) is 11.7. The highest BCUT2D eigenvalue weighted by Gasteiger charge is 2.12. The summed E-state index contributed by atoms with van der Waals surface area (Å²) in [6.45, 7) is 5.82. The molecule has 35 heavy (non-hydrogen) atoms. The van der Waals surface area contributed by atoms with E-state index in [1.165, 1.54) is 0 Å². The maximum Gasteiger partial charge on any atom is 0.251 e. The van der Waals surface area contributed by atoms with Crippen molar-refractivity contribution in [3.63, 3.8) is 0 Å². The topological polar surface area (TPSA) is 65.4 Å². The van der Waals surface area contributed by atoms with Crippen LogP contribution in [-0.4, -0.2) is 35.7 Å². The summed E-state index contributed by atoms with van der Waals surface area (Å²) in [5.41, 5.74) is 4.67. The van der Waals surface area contributed by atoms with Crippen LogP contribution < -0.4 is 14.8 Å². The number of amides is 1. The van der Waals surface area contributed by atoms with Crippen molar-refractivity contribution in [2.75, 3.05) is 20.3 Å². The van der Waals surface area contributed by atoms with E-state index in [2.05, 4.69) is 16.0 Å². The highest BCUT2D eigenvalue weighted by molar-refractivity contribution is 6.32. The molecule has 0 fully saturated rings. The van der Waals surface area contributed by atoms with Gasteiger partial charge in [-0.2, -0.15) is 0 Å². The molecule has 0 aliphatic rings. The number of imidazole rings is 1. The fourth-order valence-electron chi connectivity index (χ4n) is 4.10. The zero-order valence-corrected chi connectivity index (χ0v) is 21.1. The molecule has 0 radical (unpaired) electrons. The normalized spacial score (nSPS) is 11.0. The summed E-state index contributed by atoms with van der Waals surface area (Å²) in [6, 6.07) is 19.1. The number of hydrogen-bond donors (Lipinski definition) is 1. The molecule has 182 valence electrons. The van der Waals surface area contributed by atoms with E-state index >= 15 is 0 Å². The van der Waals surface area contributed by atoms with E-state index in [-0.39, 0.29) is 5.91 Å². The maximum absolute atomic E-state index is 12.5. The number of halogens is 1. The molecule has 0 unspecified atom stereocenters. The lowest BCUT2D eigenvalue weighted by molar-refractivity contribution is 0.0954. The van der Waals surface area contributed by atoms with Gasteiger partial charge in [-0.25, -0.2) is 4.98 Å². The number of aryl methyl sites for hydroxylation is 3. The largest absolute Gasteiger partial charge is 0.497 e. The van der Waals surface area contributed by atoms with Crippen molar-refractivity contribution in [3.8, 4) is 11.5 Å². The minimum atomic E-state index is -0.114. The predicted octanol–water partition coefficient (Wildman–Crippen LogP) is 5.76. The van der Waals surface area contributed by atoms with Crippen LogP contribution in [0.2, 0.25) is 5.02 Å². The fraction of sp³-hybridized carbons (Fsp3) is 0.286. The Morgan fingerprint density at radius 1 is 1.03 bits per heavy atom. The van der Waals surface area contributed by atoms with Crippen molar-refractivity contribution in [1.29, 1.82) is 0 Å². The average Bonchev–Trinajstić information content (AvgIpc) is 3.22. The second-order valence-corrected chi connectivity index (χ2v) is 8.85. The Morgan fingerprint density at radius 3 is 2.46 bits per heavy atom. The van der Waals surface area contributed by atoms with Crippen LogP contribution in [0.15, 0.2) is 60.7 Å². The third-order valence-corrected chi connectivity index (χ3v) is 6.52. The Morgan fingerprint density at radius 2 is 1.74 bits per heavy atom. The first-order chi connectivity index (χ1) is 17.0. The lowest BCUT2D eigenvalue weighted by Gasteiger charge is -2.12. The van der Waals surface area contributed by atoms with Gasteiger partial charge in [-0.1, -0.05) is 23.7 Å². The quantitative estimate of drug-likeness (QED) is 0.286. The second-order valence-electron chi connectivity index (χ2n) is 8.48. The number of aromatic nitrogens is 2. The van der Waals surface area contributed by atoms with E-state index < -0.39 is 0 Å². The predicted molar refractivity (Wildman–Crippen MR) is 140 cm³/mol. The molecule has 0 aliphatic heterocycles. The number of fused-ring (bicyclic) bond motifs is 1. The van der Waals surface area contributed by atoms with Crippen molar-refractivity contribution in [2.24, 2.45) is 0 Å². The van der Waals surface area contributed by atoms with Crippen LogP contribution in [-0.2, 0) is 13.0 Å². The van der Waals surface area contributed by atoms with Gasteiger partial charge in [0.25, 0.3) is 5.91 Å². The summed E-state index contributed by atoms with van der Waals surface area (Å²) in [4.78, 5) is 17.3. The molecule has 0 atom stereocenters. The first kappa shape index (κ1) is 24.6. The number of benzene rings is 3. The maximum atomic E-state index is 12.5. The SMILES string of the molecule is COc1ccc(C(=O)NCCc2nc3ccccc3n2CCCOc2cc(C)c(Cl)c(C)c2)cc1. The molecule has 1 aromatic heterocycles. The van der Waals surface area contributed by atoms with Crippen molar-refractivity contribution in [2.45, 2.75) is 33.2 Å². The van der Waals surface area contributed by atoms with E-state index in [0.29, 0.717) is 25.1 Å². The van der Waals surface area contributed by atoms with Crippen molar-refractivity contribution < 1.29 is 14.3 Å². The van der Waals surface area contributed by atoms with Crippen molar-refractivity contribution in [3.05, 3.63) is 88.2 Å². The summed E-state index contributed by atoms with van der Waals surface area (Å²) in [6.07, 6.45) is 1.46. The number of ether oxygens (including phenoxy) is 2. The van der Waals surface area contributed by atoms with Gasteiger partial charge in [0.2, 0.25) is 0 Å². The van der Waals surface area contributed by atoms with Gasteiger partial charge in [-0.15, -0.1) is 0 Å².